The number of aliphatic hydroxyl groups excluding tert-OH is 1. The molecule has 0 amide bonds. The second kappa shape index (κ2) is 12.2. The molecule has 1 fully saturated rings. The Morgan fingerprint density at radius 3 is 1.74 bits per heavy atom. The monoisotopic (exact) mass is 464 g/mol. The highest BCUT2D eigenvalue weighted by Crippen LogP contribution is 2.36. The van der Waals surface area contributed by atoms with Gasteiger partial charge in [-0.25, -0.2) is 0 Å². The summed E-state index contributed by atoms with van der Waals surface area (Å²) < 4.78 is 30.2. The van der Waals surface area contributed by atoms with E-state index >= 15 is 0 Å². The third kappa shape index (κ3) is 6.30. The maximum Gasteiger partial charge on any atom is 0.184 e. The molecule has 4 atom stereocenters. The van der Waals surface area contributed by atoms with Gasteiger partial charge in [0.1, 0.15) is 17.8 Å². The zero-order chi connectivity index (χ0) is 23.6. The molecule has 6 nitrogen and oxygen atoms in total. The van der Waals surface area contributed by atoms with Gasteiger partial charge in [-0.05, 0) is 16.7 Å². The summed E-state index contributed by atoms with van der Waals surface area (Å²) in [5.74, 6) is 0. The number of hydrogen-bond donors (Lipinski definition) is 1. The summed E-state index contributed by atoms with van der Waals surface area (Å²) in [5, 5.41) is 10.9. The van der Waals surface area contributed by atoms with E-state index in [-0.39, 0.29) is 13.2 Å². The van der Waals surface area contributed by atoms with Crippen molar-refractivity contribution < 1.29 is 28.8 Å². The van der Waals surface area contributed by atoms with Crippen LogP contribution in [0.3, 0.4) is 0 Å². The third-order valence-electron chi connectivity index (χ3n) is 5.86. The van der Waals surface area contributed by atoms with Crippen molar-refractivity contribution in [3.63, 3.8) is 0 Å². The van der Waals surface area contributed by atoms with Crippen LogP contribution < -0.4 is 0 Å². The Labute approximate surface area is 201 Å². The quantitative estimate of drug-likeness (QED) is 0.435. The SMILES string of the molecule is COC[C@]1(COCc2ccccc2)O[C@H](O)[C@@H](OCc2ccccc2)[C@H]1OCc1ccccc1. The number of ether oxygens (including phenoxy) is 5. The molecule has 1 saturated heterocycles. The molecule has 3 aromatic carbocycles. The zero-order valence-corrected chi connectivity index (χ0v) is 19.4. The largest absolute Gasteiger partial charge is 0.381 e. The summed E-state index contributed by atoms with van der Waals surface area (Å²) in [7, 11) is 1.60. The Morgan fingerprint density at radius 2 is 1.21 bits per heavy atom. The Balaban J connectivity index is 1.51. The van der Waals surface area contributed by atoms with Gasteiger partial charge in [-0.3, -0.25) is 0 Å². The molecule has 1 N–H and O–H groups in total. The molecule has 0 bridgehead atoms. The Morgan fingerprint density at radius 1 is 0.706 bits per heavy atom. The normalized spacial score (nSPS) is 24.4. The van der Waals surface area contributed by atoms with E-state index in [0.717, 1.165) is 16.7 Å². The van der Waals surface area contributed by atoms with Gasteiger partial charge >= 0.3 is 0 Å². The lowest BCUT2D eigenvalue weighted by Gasteiger charge is -2.34. The highest BCUT2D eigenvalue weighted by Gasteiger charge is 2.57. The maximum absolute atomic E-state index is 10.9. The van der Waals surface area contributed by atoms with Gasteiger partial charge in [0, 0.05) is 7.11 Å². The first kappa shape index (κ1) is 24.5. The molecule has 0 spiro atoms. The van der Waals surface area contributed by atoms with Crippen molar-refractivity contribution in [3.05, 3.63) is 108 Å². The number of rotatable bonds is 12. The zero-order valence-electron chi connectivity index (χ0n) is 19.4. The summed E-state index contributed by atoms with van der Waals surface area (Å²) in [6.45, 7) is 1.44. The van der Waals surface area contributed by atoms with Gasteiger partial charge in [-0.1, -0.05) is 91.0 Å². The first-order valence-electron chi connectivity index (χ1n) is 11.5. The molecule has 180 valence electrons. The van der Waals surface area contributed by atoms with E-state index in [2.05, 4.69) is 0 Å². The fourth-order valence-electron chi connectivity index (χ4n) is 4.20. The molecule has 0 aliphatic carbocycles. The van der Waals surface area contributed by atoms with Crippen molar-refractivity contribution in [1.29, 1.82) is 0 Å². The van der Waals surface area contributed by atoms with Gasteiger partial charge in [0.25, 0.3) is 0 Å². The Bertz CT molecular complexity index is 968. The van der Waals surface area contributed by atoms with Gasteiger partial charge in [0.05, 0.1) is 33.0 Å². The molecule has 1 heterocycles. The van der Waals surface area contributed by atoms with E-state index in [1.54, 1.807) is 7.11 Å². The van der Waals surface area contributed by atoms with Crippen LogP contribution in [0.4, 0.5) is 0 Å². The number of hydrogen-bond acceptors (Lipinski definition) is 6. The molecular formula is C28H32O6. The Kier molecular flexibility index (Phi) is 8.82. The van der Waals surface area contributed by atoms with Gasteiger partial charge in [-0.15, -0.1) is 0 Å². The fourth-order valence-corrected chi connectivity index (χ4v) is 4.20. The molecule has 0 saturated carbocycles. The number of aliphatic hydroxyl groups is 1. The molecule has 1 aliphatic heterocycles. The lowest BCUT2D eigenvalue weighted by Crippen LogP contribution is -2.52. The van der Waals surface area contributed by atoms with Crippen LogP contribution in [0.25, 0.3) is 0 Å². The summed E-state index contributed by atoms with van der Waals surface area (Å²) in [6.07, 6.45) is -2.50. The minimum atomic E-state index is -1.18. The number of benzene rings is 3. The third-order valence-corrected chi connectivity index (χ3v) is 5.86. The van der Waals surface area contributed by atoms with E-state index in [4.69, 9.17) is 23.7 Å². The van der Waals surface area contributed by atoms with Crippen LogP contribution >= 0.6 is 0 Å². The van der Waals surface area contributed by atoms with Gasteiger partial charge in [-0.2, -0.15) is 0 Å². The van der Waals surface area contributed by atoms with Gasteiger partial charge in [0.15, 0.2) is 6.29 Å². The van der Waals surface area contributed by atoms with E-state index < -0.39 is 24.1 Å². The summed E-state index contributed by atoms with van der Waals surface area (Å²) in [6, 6.07) is 29.6. The highest BCUT2D eigenvalue weighted by atomic mass is 16.7. The van der Waals surface area contributed by atoms with Gasteiger partial charge in [0.2, 0.25) is 0 Å². The van der Waals surface area contributed by atoms with Crippen LogP contribution in [0.2, 0.25) is 0 Å². The van der Waals surface area contributed by atoms with E-state index in [0.29, 0.717) is 19.8 Å². The number of methoxy groups -OCH3 is 1. The van der Waals surface area contributed by atoms with E-state index in [9.17, 15) is 5.11 Å². The molecule has 4 rings (SSSR count). The molecule has 0 unspecified atom stereocenters. The predicted molar refractivity (Wildman–Crippen MR) is 128 cm³/mol. The van der Waals surface area contributed by atoms with Crippen molar-refractivity contribution in [2.45, 2.75) is 43.9 Å². The van der Waals surface area contributed by atoms with Gasteiger partial charge < -0.3 is 28.8 Å². The molecule has 0 aromatic heterocycles. The van der Waals surface area contributed by atoms with Crippen LogP contribution in [0.5, 0.6) is 0 Å². The van der Waals surface area contributed by atoms with Crippen LogP contribution in [0, 0.1) is 0 Å². The summed E-state index contributed by atoms with van der Waals surface area (Å²) >= 11 is 0. The molecule has 34 heavy (non-hydrogen) atoms. The maximum atomic E-state index is 10.9. The van der Waals surface area contributed by atoms with Crippen molar-refractivity contribution >= 4 is 0 Å². The first-order valence-corrected chi connectivity index (χ1v) is 11.5. The minimum Gasteiger partial charge on any atom is -0.381 e. The predicted octanol–water partition coefficient (Wildman–Crippen LogP) is 4.11. The van der Waals surface area contributed by atoms with Crippen molar-refractivity contribution in [2.75, 3.05) is 20.3 Å². The van der Waals surface area contributed by atoms with Crippen molar-refractivity contribution in [3.8, 4) is 0 Å². The Hall–Kier alpha value is -2.58. The second-order valence-electron chi connectivity index (χ2n) is 8.46. The topological polar surface area (TPSA) is 66.4 Å². The smallest absolute Gasteiger partial charge is 0.184 e. The molecule has 0 radical (unpaired) electrons. The van der Waals surface area contributed by atoms with Crippen LogP contribution in [0.1, 0.15) is 16.7 Å². The fraction of sp³-hybridized carbons (Fsp3) is 0.357. The van der Waals surface area contributed by atoms with Crippen LogP contribution in [0.15, 0.2) is 91.0 Å². The van der Waals surface area contributed by atoms with E-state index in [1.165, 1.54) is 0 Å². The average molecular weight is 465 g/mol. The van der Waals surface area contributed by atoms with Crippen molar-refractivity contribution in [2.24, 2.45) is 0 Å². The summed E-state index contributed by atoms with van der Waals surface area (Å²) in [5.41, 5.74) is 2.04. The molecule has 3 aromatic rings. The lowest BCUT2D eigenvalue weighted by molar-refractivity contribution is -0.204. The average Bonchev–Trinajstić information content (AvgIpc) is 3.13. The minimum absolute atomic E-state index is 0.178. The van der Waals surface area contributed by atoms with Crippen LogP contribution in [-0.2, 0) is 43.5 Å². The first-order chi connectivity index (χ1) is 16.7. The summed E-state index contributed by atoms with van der Waals surface area (Å²) in [4.78, 5) is 0. The van der Waals surface area contributed by atoms with Crippen molar-refractivity contribution in [1.82, 2.24) is 0 Å². The molecule has 1 aliphatic rings. The van der Waals surface area contributed by atoms with Crippen LogP contribution in [-0.4, -0.2) is 49.5 Å². The molecule has 6 heteroatoms. The second-order valence-corrected chi connectivity index (χ2v) is 8.46. The standard InChI is InChI=1S/C28H32O6/c1-30-20-28(21-31-17-22-11-5-2-6-12-22)26(33-19-24-15-9-4-10-16-24)25(27(29)34-28)32-18-23-13-7-3-8-14-23/h2-16,25-27,29H,17-21H2,1H3/t25-,26+,27-,28+/m0/s1. The molecular weight excluding hydrogens is 432 g/mol. The lowest BCUT2D eigenvalue weighted by atomic mass is 9.96. The highest BCUT2D eigenvalue weighted by molar-refractivity contribution is 5.16. The van der Waals surface area contributed by atoms with E-state index in [1.807, 2.05) is 91.0 Å².